The van der Waals surface area contributed by atoms with E-state index in [1.54, 1.807) is 24.0 Å². The highest BCUT2D eigenvalue weighted by Gasteiger charge is 2.24. The van der Waals surface area contributed by atoms with Crippen molar-refractivity contribution in [2.24, 2.45) is 0 Å². The van der Waals surface area contributed by atoms with Crippen LogP contribution in [0.5, 0.6) is 11.5 Å². The summed E-state index contributed by atoms with van der Waals surface area (Å²) in [5.74, 6) is 1.78. The van der Waals surface area contributed by atoms with Crippen LogP contribution in [0, 0.1) is 0 Å². The summed E-state index contributed by atoms with van der Waals surface area (Å²) in [7, 11) is 3.42. The van der Waals surface area contributed by atoms with Gasteiger partial charge in [-0.2, -0.15) is 0 Å². The quantitative estimate of drug-likeness (QED) is 0.792. The van der Waals surface area contributed by atoms with Crippen LogP contribution in [0.2, 0.25) is 0 Å². The highest BCUT2D eigenvalue weighted by atomic mass is 16.5. The standard InChI is InChI=1S/C20H26N2O2/c1-23-19-9-8-18(20(14-19)24-2)16-22-12-10-21(11-13-22)15-17-6-4-3-5-7-17/h3-9,14H,10-13,15-16H2,1-2H3/p+2. The van der Waals surface area contributed by atoms with Crippen molar-refractivity contribution < 1.29 is 19.3 Å². The van der Waals surface area contributed by atoms with Gasteiger partial charge in [0.1, 0.15) is 50.8 Å². The first-order valence-corrected chi connectivity index (χ1v) is 8.70. The number of methoxy groups -OCH3 is 2. The molecule has 1 fully saturated rings. The van der Waals surface area contributed by atoms with Crippen LogP contribution in [0.4, 0.5) is 0 Å². The van der Waals surface area contributed by atoms with E-state index in [1.807, 2.05) is 12.1 Å². The van der Waals surface area contributed by atoms with Crippen LogP contribution in [0.15, 0.2) is 48.5 Å². The maximum absolute atomic E-state index is 5.53. The molecule has 1 heterocycles. The molecule has 0 unspecified atom stereocenters. The van der Waals surface area contributed by atoms with Gasteiger partial charge in [-0.15, -0.1) is 0 Å². The molecule has 0 amide bonds. The maximum atomic E-state index is 5.53. The van der Waals surface area contributed by atoms with E-state index in [9.17, 15) is 0 Å². The molecule has 1 saturated heterocycles. The summed E-state index contributed by atoms with van der Waals surface area (Å²) in [6, 6.07) is 16.9. The fourth-order valence-corrected chi connectivity index (χ4v) is 3.46. The Morgan fingerprint density at radius 3 is 2.08 bits per heavy atom. The van der Waals surface area contributed by atoms with Crippen molar-refractivity contribution in [2.45, 2.75) is 13.1 Å². The molecule has 1 aliphatic rings. The number of piperazine rings is 1. The molecule has 0 radical (unpaired) electrons. The summed E-state index contributed by atoms with van der Waals surface area (Å²) < 4.78 is 10.8. The molecule has 0 aromatic heterocycles. The lowest BCUT2D eigenvalue weighted by atomic mass is 10.1. The summed E-state index contributed by atoms with van der Waals surface area (Å²) in [5, 5.41) is 0. The molecule has 2 aromatic rings. The van der Waals surface area contributed by atoms with E-state index < -0.39 is 0 Å². The number of hydrogen-bond donors (Lipinski definition) is 2. The Bertz CT molecular complexity index is 637. The Hall–Kier alpha value is -2.04. The van der Waals surface area contributed by atoms with E-state index in [1.165, 1.54) is 37.3 Å². The summed E-state index contributed by atoms with van der Waals surface area (Å²) in [4.78, 5) is 3.32. The second kappa shape index (κ2) is 8.18. The van der Waals surface area contributed by atoms with Crippen LogP contribution >= 0.6 is 0 Å². The minimum atomic E-state index is 0.850. The van der Waals surface area contributed by atoms with Gasteiger partial charge in [0.2, 0.25) is 0 Å². The number of benzene rings is 2. The fourth-order valence-electron chi connectivity index (χ4n) is 3.46. The third-order valence-electron chi connectivity index (χ3n) is 4.90. The average Bonchev–Trinajstić information content (AvgIpc) is 2.64. The van der Waals surface area contributed by atoms with Crippen LogP contribution in [0.25, 0.3) is 0 Å². The smallest absolute Gasteiger partial charge is 0.131 e. The number of rotatable bonds is 6. The summed E-state index contributed by atoms with van der Waals surface area (Å²) in [6.07, 6.45) is 0. The lowest BCUT2D eigenvalue weighted by Crippen LogP contribution is -3.27. The Kier molecular flexibility index (Phi) is 5.72. The Labute approximate surface area is 144 Å². The Morgan fingerprint density at radius 1 is 0.792 bits per heavy atom. The van der Waals surface area contributed by atoms with Crippen LogP contribution in [0.1, 0.15) is 11.1 Å². The van der Waals surface area contributed by atoms with Gasteiger partial charge in [0.05, 0.1) is 14.2 Å². The number of nitrogens with one attached hydrogen (secondary N) is 2. The normalized spacial score (nSPS) is 20.6. The molecule has 0 atom stereocenters. The van der Waals surface area contributed by atoms with Gasteiger partial charge >= 0.3 is 0 Å². The van der Waals surface area contributed by atoms with Gasteiger partial charge in [-0.05, 0) is 12.1 Å². The van der Waals surface area contributed by atoms with E-state index in [-0.39, 0.29) is 0 Å². The molecule has 128 valence electrons. The second-order valence-corrected chi connectivity index (χ2v) is 6.52. The van der Waals surface area contributed by atoms with Gasteiger partial charge in [-0.1, -0.05) is 30.3 Å². The van der Waals surface area contributed by atoms with Crippen molar-refractivity contribution in [2.75, 3.05) is 40.4 Å². The predicted octanol–water partition coefficient (Wildman–Crippen LogP) is 0.187. The third-order valence-corrected chi connectivity index (χ3v) is 4.90. The molecule has 0 spiro atoms. The molecule has 0 bridgehead atoms. The Morgan fingerprint density at radius 2 is 1.46 bits per heavy atom. The molecule has 2 aromatic carbocycles. The van der Waals surface area contributed by atoms with Crippen LogP contribution in [-0.4, -0.2) is 40.4 Å². The van der Waals surface area contributed by atoms with Crippen LogP contribution < -0.4 is 19.3 Å². The van der Waals surface area contributed by atoms with Gasteiger partial charge in [-0.25, -0.2) is 0 Å². The molecule has 4 nitrogen and oxygen atoms in total. The number of quaternary nitrogens is 2. The van der Waals surface area contributed by atoms with Crippen molar-refractivity contribution in [3.63, 3.8) is 0 Å². The van der Waals surface area contributed by atoms with E-state index in [0.29, 0.717) is 0 Å². The van der Waals surface area contributed by atoms with Crippen molar-refractivity contribution in [3.8, 4) is 11.5 Å². The molecule has 24 heavy (non-hydrogen) atoms. The SMILES string of the molecule is COc1ccc(C[NH+]2CC[NH+](Cc3ccccc3)CC2)c(OC)c1. The zero-order chi connectivity index (χ0) is 16.8. The van der Waals surface area contributed by atoms with Crippen molar-refractivity contribution in [3.05, 3.63) is 59.7 Å². The van der Waals surface area contributed by atoms with Gasteiger partial charge in [0.15, 0.2) is 0 Å². The number of hydrogen-bond acceptors (Lipinski definition) is 2. The molecule has 1 aliphatic heterocycles. The van der Waals surface area contributed by atoms with Gasteiger partial charge < -0.3 is 19.3 Å². The van der Waals surface area contributed by atoms with Gasteiger partial charge in [-0.3, -0.25) is 0 Å². The van der Waals surface area contributed by atoms with E-state index in [4.69, 9.17) is 9.47 Å². The second-order valence-electron chi connectivity index (χ2n) is 6.52. The Balaban J connectivity index is 1.54. The zero-order valence-electron chi connectivity index (χ0n) is 14.7. The summed E-state index contributed by atoms with van der Waals surface area (Å²) in [5.41, 5.74) is 2.70. The van der Waals surface area contributed by atoms with E-state index >= 15 is 0 Å². The van der Waals surface area contributed by atoms with Crippen molar-refractivity contribution in [1.82, 2.24) is 0 Å². The number of ether oxygens (including phenoxy) is 2. The van der Waals surface area contributed by atoms with E-state index in [2.05, 4.69) is 36.4 Å². The molecular formula is C20H28N2O2+2. The topological polar surface area (TPSA) is 27.3 Å². The minimum absolute atomic E-state index is 0.850. The molecule has 4 heteroatoms. The first-order chi connectivity index (χ1) is 11.8. The maximum Gasteiger partial charge on any atom is 0.131 e. The predicted molar refractivity (Wildman–Crippen MR) is 94.8 cm³/mol. The fraction of sp³-hybridized carbons (Fsp3) is 0.400. The minimum Gasteiger partial charge on any atom is -0.497 e. The molecule has 2 N–H and O–H groups in total. The lowest BCUT2D eigenvalue weighted by molar-refractivity contribution is -1.02. The highest BCUT2D eigenvalue weighted by molar-refractivity contribution is 5.40. The largest absolute Gasteiger partial charge is 0.497 e. The lowest BCUT2D eigenvalue weighted by Gasteiger charge is -2.30. The molecule has 0 saturated carbocycles. The van der Waals surface area contributed by atoms with Crippen molar-refractivity contribution in [1.29, 1.82) is 0 Å². The van der Waals surface area contributed by atoms with Crippen molar-refractivity contribution >= 4 is 0 Å². The zero-order valence-corrected chi connectivity index (χ0v) is 14.7. The summed E-state index contributed by atoms with van der Waals surface area (Å²) >= 11 is 0. The molecular weight excluding hydrogens is 300 g/mol. The van der Waals surface area contributed by atoms with E-state index in [0.717, 1.165) is 24.6 Å². The molecule has 3 rings (SSSR count). The monoisotopic (exact) mass is 328 g/mol. The van der Waals surface area contributed by atoms with Gasteiger partial charge in [0, 0.05) is 17.2 Å². The van der Waals surface area contributed by atoms with Crippen LogP contribution in [-0.2, 0) is 13.1 Å². The van der Waals surface area contributed by atoms with Gasteiger partial charge in [0.25, 0.3) is 0 Å². The van der Waals surface area contributed by atoms with Crippen LogP contribution in [0.3, 0.4) is 0 Å². The summed E-state index contributed by atoms with van der Waals surface area (Å²) in [6.45, 7) is 7.02. The highest BCUT2D eigenvalue weighted by Crippen LogP contribution is 2.23. The first-order valence-electron chi connectivity index (χ1n) is 8.70. The molecule has 0 aliphatic carbocycles. The third kappa shape index (κ3) is 4.28. The first kappa shape index (κ1) is 16.8. The average molecular weight is 328 g/mol.